The Balaban J connectivity index is 1.95. The minimum atomic E-state index is -4.44. The molecule has 0 aliphatic heterocycles. The van der Waals surface area contributed by atoms with Crippen molar-refractivity contribution in [3.63, 3.8) is 0 Å². The quantitative estimate of drug-likeness (QED) is 0.861. The second kappa shape index (κ2) is 7.16. The molecule has 0 bridgehead atoms. The number of hydrogen-bond donors (Lipinski definition) is 1. The van der Waals surface area contributed by atoms with Crippen LogP contribution < -0.4 is 5.32 Å². The third kappa shape index (κ3) is 4.58. The summed E-state index contributed by atoms with van der Waals surface area (Å²) in [7, 11) is 0. The zero-order chi connectivity index (χ0) is 17.7. The lowest BCUT2D eigenvalue weighted by molar-refractivity contribution is -0.137. The lowest BCUT2D eigenvalue weighted by Gasteiger charge is -2.14. The number of amides is 1. The highest BCUT2D eigenvalue weighted by Gasteiger charge is 2.30. The molecule has 0 aliphatic carbocycles. The highest BCUT2D eigenvalue weighted by atomic mass is 19.4. The summed E-state index contributed by atoms with van der Waals surface area (Å²) in [5.41, 5.74) is -0.341. The van der Waals surface area contributed by atoms with E-state index < -0.39 is 29.7 Å². The van der Waals surface area contributed by atoms with Gasteiger partial charge in [0.15, 0.2) is 6.10 Å². The number of hydrogen-bond acceptors (Lipinski definition) is 3. The second-order valence-electron chi connectivity index (χ2n) is 4.98. The maximum absolute atomic E-state index is 12.5. The Morgan fingerprint density at radius 2 is 1.58 bits per heavy atom. The first kappa shape index (κ1) is 17.5. The molecule has 0 saturated heterocycles. The van der Waals surface area contributed by atoms with Gasteiger partial charge in [-0.05, 0) is 43.3 Å². The molecule has 24 heavy (non-hydrogen) atoms. The first-order valence-electron chi connectivity index (χ1n) is 7.01. The Hall–Kier alpha value is -2.83. The molecule has 0 saturated carbocycles. The van der Waals surface area contributed by atoms with E-state index in [1.54, 1.807) is 30.3 Å². The van der Waals surface area contributed by atoms with E-state index in [0.717, 1.165) is 24.3 Å². The predicted octanol–water partition coefficient (Wildman–Crippen LogP) is 3.89. The summed E-state index contributed by atoms with van der Waals surface area (Å²) in [6.07, 6.45) is -5.54. The summed E-state index contributed by atoms with van der Waals surface area (Å²) in [6, 6.07) is 12.1. The fourth-order valence-electron chi connectivity index (χ4n) is 1.84. The van der Waals surface area contributed by atoms with Crippen molar-refractivity contribution in [1.82, 2.24) is 0 Å². The lowest BCUT2D eigenvalue weighted by Crippen LogP contribution is -2.30. The van der Waals surface area contributed by atoms with Crippen LogP contribution in [-0.4, -0.2) is 18.0 Å². The molecule has 1 atom stereocenters. The Labute approximate surface area is 136 Å². The van der Waals surface area contributed by atoms with Gasteiger partial charge in [0.2, 0.25) is 0 Å². The largest absolute Gasteiger partial charge is 0.449 e. The Bertz CT molecular complexity index is 712. The molecule has 0 radical (unpaired) electrons. The molecular weight excluding hydrogens is 323 g/mol. The van der Waals surface area contributed by atoms with E-state index in [1.807, 2.05) is 0 Å². The molecule has 1 amide bonds. The fraction of sp³-hybridized carbons (Fsp3) is 0.176. The molecule has 4 nitrogen and oxygen atoms in total. The van der Waals surface area contributed by atoms with E-state index in [-0.39, 0.29) is 5.69 Å². The monoisotopic (exact) mass is 337 g/mol. The molecule has 2 aromatic rings. The summed E-state index contributed by atoms with van der Waals surface area (Å²) >= 11 is 0. The zero-order valence-corrected chi connectivity index (χ0v) is 12.6. The van der Waals surface area contributed by atoms with Crippen LogP contribution in [-0.2, 0) is 15.7 Å². The maximum Gasteiger partial charge on any atom is 0.416 e. The van der Waals surface area contributed by atoms with Crippen molar-refractivity contribution in [1.29, 1.82) is 0 Å². The van der Waals surface area contributed by atoms with Gasteiger partial charge >= 0.3 is 12.1 Å². The van der Waals surface area contributed by atoms with Crippen molar-refractivity contribution in [2.45, 2.75) is 19.2 Å². The zero-order valence-electron chi connectivity index (χ0n) is 12.6. The molecule has 0 fully saturated rings. The smallest absolute Gasteiger partial charge is 0.416 e. The molecule has 7 heteroatoms. The van der Waals surface area contributed by atoms with Gasteiger partial charge < -0.3 is 10.1 Å². The van der Waals surface area contributed by atoms with Gasteiger partial charge in [0.25, 0.3) is 5.91 Å². The van der Waals surface area contributed by atoms with Gasteiger partial charge in [-0.15, -0.1) is 0 Å². The molecule has 2 rings (SSSR count). The summed E-state index contributed by atoms with van der Waals surface area (Å²) in [5, 5.41) is 2.39. The molecular formula is C17H14F3NO3. The molecule has 0 aromatic heterocycles. The van der Waals surface area contributed by atoms with Gasteiger partial charge in [-0.1, -0.05) is 18.2 Å². The normalized spacial score (nSPS) is 12.3. The minimum Gasteiger partial charge on any atom is -0.449 e. The van der Waals surface area contributed by atoms with E-state index in [1.165, 1.54) is 6.92 Å². The van der Waals surface area contributed by atoms with E-state index in [2.05, 4.69) is 5.32 Å². The number of rotatable bonds is 4. The first-order valence-corrected chi connectivity index (χ1v) is 7.01. The number of benzene rings is 2. The Morgan fingerprint density at radius 3 is 2.12 bits per heavy atom. The van der Waals surface area contributed by atoms with E-state index in [9.17, 15) is 22.8 Å². The standard InChI is InChI=1S/C17H14F3NO3/c1-11(24-16(23)12-5-3-2-4-6-12)15(22)21-14-9-7-13(8-10-14)17(18,19)20/h2-11H,1H3,(H,21,22)/t11-/m0/s1. The van der Waals surface area contributed by atoms with Crippen LogP contribution in [0.15, 0.2) is 54.6 Å². The van der Waals surface area contributed by atoms with Crippen LogP contribution in [0.3, 0.4) is 0 Å². The van der Waals surface area contributed by atoms with Gasteiger partial charge in [-0.2, -0.15) is 13.2 Å². The number of carbonyl (C=O) groups excluding carboxylic acids is 2. The van der Waals surface area contributed by atoms with E-state index in [0.29, 0.717) is 5.56 Å². The average Bonchev–Trinajstić information content (AvgIpc) is 2.55. The van der Waals surface area contributed by atoms with Crippen LogP contribution in [0.4, 0.5) is 18.9 Å². The van der Waals surface area contributed by atoms with Crippen molar-refractivity contribution in [3.05, 3.63) is 65.7 Å². The number of anilines is 1. The molecule has 2 aromatic carbocycles. The third-order valence-corrected chi connectivity index (χ3v) is 3.14. The number of ether oxygens (including phenoxy) is 1. The van der Waals surface area contributed by atoms with Gasteiger partial charge in [0.05, 0.1) is 11.1 Å². The Morgan fingerprint density at radius 1 is 1.00 bits per heavy atom. The molecule has 0 heterocycles. The number of halogens is 3. The Kier molecular flexibility index (Phi) is 5.23. The summed E-state index contributed by atoms with van der Waals surface area (Å²) in [5.74, 6) is -1.30. The summed E-state index contributed by atoms with van der Waals surface area (Å²) in [6.45, 7) is 1.38. The first-order chi connectivity index (χ1) is 11.3. The summed E-state index contributed by atoms with van der Waals surface area (Å²) < 4.78 is 42.4. The highest BCUT2D eigenvalue weighted by molar-refractivity contribution is 5.97. The molecule has 126 valence electrons. The summed E-state index contributed by atoms with van der Waals surface area (Å²) in [4.78, 5) is 23.8. The van der Waals surface area contributed by atoms with Crippen LogP contribution in [0.1, 0.15) is 22.8 Å². The van der Waals surface area contributed by atoms with Gasteiger partial charge in [-0.25, -0.2) is 4.79 Å². The van der Waals surface area contributed by atoms with E-state index >= 15 is 0 Å². The van der Waals surface area contributed by atoms with Crippen molar-refractivity contribution in [2.75, 3.05) is 5.32 Å². The molecule has 0 spiro atoms. The van der Waals surface area contributed by atoms with Crippen molar-refractivity contribution in [3.8, 4) is 0 Å². The fourth-order valence-corrected chi connectivity index (χ4v) is 1.84. The average molecular weight is 337 g/mol. The SMILES string of the molecule is C[C@H](OC(=O)c1ccccc1)C(=O)Nc1ccc(C(F)(F)F)cc1. The number of carbonyl (C=O) groups is 2. The van der Waals surface area contributed by atoms with Crippen LogP contribution in [0.2, 0.25) is 0 Å². The van der Waals surface area contributed by atoms with Crippen LogP contribution >= 0.6 is 0 Å². The maximum atomic E-state index is 12.5. The van der Waals surface area contributed by atoms with Crippen LogP contribution in [0.5, 0.6) is 0 Å². The van der Waals surface area contributed by atoms with Gasteiger partial charge in [-0.3, -0.25) is 4.79 Å². The highest BCUT2D eigenvalue weighted by Crippen LogP contribution is 2.29. The van der Waals surface area contributed by atoms with Crippen LogP contribution in [0.25, 0.3) is 0 Å². The van der Waals surface area contributed by atoms with Gasteiger partial charge in [0.1, 0.15) is 0 Å². The van der Waals surface area contributed by atoms with Crippen LogP contribution in [0, 0.1) is 0 Å². The lowest BCUT2D eigenvalue weighted by atomic mass is 10.2. The van der Waals surface area contributed by atoms with Crippen molar-refractivity contribution < 1.29 is 27.5 Å². The predicted molar refractivity (Wildman–Crippen MR) is 81.4 cm³/mol. The minimum absolute atomic E-state index is 0.176. The molecule has 1 N–H and O–H groups in total. The van der Waals surface area contributed by atoms with Gasteiger partial charge in [0, 0.05) is 5.69 Å². The van der Waals surface area contributed by atoms with Crippen molar-refractivity contribution >= 4 is 17.6 Å². The molecule has 0 unspecified atom stereocenters. The third-order valence-electron chi connectivity index (χ3n) is 3.14. The van der Waals surface area contributed by atoms with E-state index in [4.69, 9.17) is 4.74 Å². The molecule has 0 aliphatic rings. The number of esters is 1. The van der Waals surface area contributed by atoms with Crippen molar-refractivity contribution in [2.24, 2.45) is 0 Å². The number of alkyl halides is 3. The number of nitrogens with one attached hydrogen (secondary N) is 1. The topological polar surface area (TPSA) is 55.4 Å². The second-order valence-corrected chi connectivity index (χ2v) is 4.98.